The molecule has 0 unspecified atom stereocenters. The first-order chi connectivity index (χ1) is 9.38. The summed E-state index contributed by atoms with van der Waals surface area (Å²) >= 11 is 5.67. The molecule has 0 saturated carbocycles. The Hall–Kier alpha value is -1.50. The minimum Gasteiger partial charge on any atom is -0.207 e. The summed E-state index contributed by atoms with van der Waals surface area (Å²) in [6.07, 6.45) is 0. The first kappa shape index (κ1) is 14.9. The average molecular weight is 318 g/mol. The van der Waals surface area contributed by atoms with E-state index < -0.39 is 21.7 Å². The maximum Gasteiger partial charge on any atom is 0.240 e. The van der Waals surface area contributed by atoms with Gasteiger partial charge in [-0.15, -0.1) is 0 Å². The normalized spacial score (nSPS) is 11.6. The lowest BCUT2D eigenvalue weighted by Crippen LogP contribution is -2.23. The van der Waals surface area contributed by atoms with E-state index in [1.54, 1.807) is 0 Å². The smallest absolute Gasteiger partial charge is 0.207 e. The molecule has 0 spiro atoms. The summed E-state index contributed by atoms with van der Waals surface area (Å²) in [4.78, 5) is 0.0180. The fourth-order valence-electron chi connectivity index (χ4n) is 1.53. The Morgan fingerprint density at radius 3 is 2.30 bits per heavy atom. The highest BCUT2D eigenvalue weighted by molar-refractivity contribution is 7.89. The predicted molar refractivity (Wildman–Crippen MR) is 71.8 cm³/mol. The third-order valence-corrected chi connectivity index (χ3v) is 4.26. The van der Waals surface area contributed by atoms with Crippen LogP contribution in [0.25, 0.3) is 0 Å². The van der Waals surface area contributed by atoms with Crippen molar-refractivity contribution in [3.8, 4) is 0 Å². The van der Waals surface area contributed by atoms with Crippen molar-refractivity contribution in [2.75, 3.05) is 0 Å². The van der Waals surface area contributed by atoms with Crippen LogP contribution in [0.1, 0.15) is 5.56 Å². The van der Waals surface area contributed by atoms with E-state index in [9.17, 15) is 17.2 Å². The number of halogens is 3. The van der Waals surface area contributed by atoms with E-state index in [-0.39, 0.29) is 17.0 Å². The van der Waals surface area contributed by atoms with Gasteiger partial charge in [-0.3, -0.25) is 0 Å². The second-order valence-electron chi connectivity index (χ2n) is 4.01. The van der Waals surface area contributed by atoms with Crippen molar-refractivity contribution in [1.29, 1.82) is 0 Å². The van der Waals surface area contributed by atoms with Crippen LogP contribution in [0, 0.1) is 11.6 Å². The van der Waals surface area contributed by atoms with Crippen LogP contribution >= 0.6 is 11.6 Å². The van der Waals surface area contributed by atoms with Gasteiger partial charge in [0.15, 0.2) is 0 Å². The largest absolute Gasteiger partial charge is 0.240 e. The minimum atomic E-state index is -3.77. The fraction of sp³-hybridized carbons (Fsp3) is 0.0769. The lowest BCUT2D eigenvalue weighted by atomic mass is 10.2. The number of rotatable bonds is 4. The van der Waals surface area contributed by atoms with E-state index in [1.807, 2.05) is 0 Å². The third kappa shape index (κ3) is 3.53. The lowest BCUT2D eigenvalue weighted by Gasteiger charge is -2.07. The Balaban J connectivity index is 2.15. The van der Waals surface area contributed by atoms with Crippen LogP contribution in [-0.4, -0.2) is 8.42 Å². The van der Waals surface area contributed by atoms with E-state index in [0.29, 0.717) is 11.1 Å². The van der Waals surface area contributed by atoms with Gasteiger partial charge in [0, 0.05) is 23.2 Å². The highest BCUT2D eigenvalue weighted by atomic mass is 35.5. The monoisotopic (exact) mass is 317 g/mol. The Morgan fingerprint density at radius 1 is 1.05 bits per heavy atom. The molecular weight excluding hydrogens is 308 g/mol. The van der Waals surface area contributed by atoms with Crippen molar-refractivity contribution in [3.05, 3.63) is 64.7 Å². The number of sulfonamides is 1. The molecule has 0 atom stereocenters. The summed E-state index contributed by atoms with van der Waals surface area (Å²) in [5.41, 5.74) is 0.0592. The summed E-state index contributed by atoms with van der Waals surface area (Å²) in [5.74, 6) is -1.52. The van der Waals surface area contributed by atoms with Crippen LogP contribution in [0.3, 0.4) is 0 Å². The zero-order chi connectivity index (χ0) is 14.8. The molecule has 0 heterocycles. The Morgan fingerprint density at radius 2 is 1.70 bits per heavy atom. The molecule has 3 nitrogen and oxygen atoms in total. The molecular formula is C13H10ClF2NO2S. The first-order valence-corrected chi connectivity index (χ1v) is 7.44. The van der Waals surface area contributed by atoms with Crippen LogP contribution in [0.4, 0.5) is 8.78 Å². The van der Waals surface area contributed by atoms with Crippen LogP contribution < -0.4 is 4.72 Å². The van der Waals surface area contributed by atoms with Crippen LogP contribution in [0.2, 0.25) is 5.02 Å². The van der Waals surface area contributed by atoms with Crippen molar-refractivity contribution < 1.29 is 17.2 Å². The van der Waals surface area contributed by atoms with E-state index in [0.717, 1.165) is 6.07 Å². The van der Waals surface area contributed by atoms with Gasteiger partial charge in [0.05, 0.1) is 4.90 Å². The molecule has 20 heavy (non-hydrogen) atoms. The van der Waals surface area contributed by atoms with E-state index >= 15 is 0 Å². The maximum absolute atomic E-state index is 13.4. The maximum atomic E-state index is 13.4. The third-order valence-electron chi connectivity index (χ3n) is 2.59. The molecule has 0 amide bonds. The van der Waals surface area contributed by atoms with Crippen LogP contribution in [0.5, 0.6) is 0 Å². The molecule has 0 aromatic heterocycles. The highest BCUT2D eigenvalue weighted by Crippen LogP contribution is 2.15. The van der Waals surface area contributed by atoms with Gasteiger partial charge in [0.2, 0.25) is 10.0 Å². The quantitative estimate of drug-likeness (QED) is 0.942. The summed E-state index contributed by atoms with van der Waals surface area (Å²) < 4.78 is 52.2. The van der Waals surface area contributed by atoms with Gasteiger partial charge in [-0.05, 0) is 30.3 Å². The molecule has 0 aliphatic carbocycles. The van der Waals surface area contributed by atoms with Crippen molar-refractivity contribution >= 4 is 21.6 Å². The summed E-state index contributed by atoms with van der Waals surface area (Å²) in [6, 6.07) is 8.51. The van der Waals surface area contributed by atoms with E-state index in [1.165, 1.54) is 30.3 Å². The van der Waals surface area contributed by atoms with Gasteiger partial charge < -0.3 is 0 Å². The molecule has 0 bridgehead atoms. The average Bonchev–Trinajstić information content (AvgIpc) is 2.38. The van der Waals surface area contributed by atoms with Crippen molar-refractivity contribution in [2.45, 2.75) is 11.4 Å². The SMILES string of the molecule is O=S(=O)(NCc1ccc(F)cc1F)c1ccc(Cl)cc1. The van der Waals surface area contributed by atoms with Gasteiger partial charge in [-0.25, -0.2) is 21.9 Å². The second-order valence-corrected chi connectivity index (χ2v) is 6.22. The van der Waals surface area contributed by atoms with Crippen molar-refractivity contribution in [2.24, 2.45) is 0 Å². The van der Waals surface area contributed by atoms with Gasteiger partial charge in [-0.2, -0.15) is 0 Å². The van der Waals surface area contributed by atoms with Gasteiger partial charge >= 0.3 is 0 Å². The van der Waals surface area contributed by atoms with Gasteiger partial charge in [0.25, 0.3) is 0 Å². The lowest BCUT2D eigenvalue weighted by molar-refractivity contribution is 0.562. The van der Waals surface area contributed by atoms with Crippen molar-refractivity contribution in [1.82, 2.24) is 4.72 Å². The van der Waals surface area contributed by atoms with E-state index in [2.05, 4.69) is 4.72 Å². The van der Waals surface area contributed by atoms with Crippen LogP contribution in [0.15, 0.2) is 47.4 Å². The van der Waals surface area contributed by atoms with Gasteiger partial charge in [-0.1, -0.05) is 17.7 Å². The topological polar surface area (TPSA) is 46.2 Å². The molecule has 0 aliphatic rings. The zero-order valence-corrected chi connectivity index (χ0v) is 11.7. The summed E-state index contributed by atoms with van der Waals surface area (Å²) in [7, 11) is -3.77. The molecule has 2 aromatic rings. The molecule has 1 N–H and O–H groups in total. The molecule has 0 aliphatic heterocycles. The molecule has 0 saturated heterocycles. The molecule has 0 fully saturated rings. The standard InChI is InChI=1S/C13H10ClF2NO2S/c14-10-2-5-12(6-3-10)20(18,19)17-8-9-1-4-11(15)7-13(9)16/h1-7,17H,8H2. The second kappa shape index (κ2) is 5.87. The number of nitrogens with one attached hydrogen (secondary N) is 1. The molecule has 7 heteroatoms. The summed E-state index contributed by atoms with van der Waals surface area (Å²) in [6.45, 7) is -0.267. The van der Waals surface area contributed by atoms with Crippen LogP contribution in [-0.2, 0) is 16.6 Å². The summed E-state index contributed by atoms with van der Waals surface area (Å²) in [5, 5.41) is 0.411. The number of benzene rings is 2. The van der Waals surface area contributed by atoms with Gasteiger partial charge in [0.1, 0.15) is 11.6 Å². The highest BCUT2D eigenvalue weighted by Gasteiger charge is 2.14. The van der Waals surface area contributed by atoms with E-state index in [4.69, 9.17) is 11.6 Å². The zero-order valence-electron chi connectivity index (χ0n) is 10.1. The Kier molecular flexibility index (Phi) is 4.37. The molecule has 106 valence electrons. The molecule has 2 aromatic carbocycles. The fourth-order valence-corrected chi connectivity index (χ4v) is 2.67. The Labute approximate surface area is 120 Å². The number of hydrogen-bond acceptors (Lipinski definition) is 2. The molecule has 0 radical (unpaired) electrons. The van der Waals surface area contributed by atoms with Crippen molar-refractivity contribution in [3.63, 3.8) is 0 Å². The minimum absolute atomic E-state index is 0.0180. The number of hydrogen-bond donors (Lipinski definition) is 1. The predicted octanol–water partition coefficient (Wildman–Crippen LogP) is 3.10. The molecule has 2 rings (SSSR count). The first-order valence-electron chi connectivity index (χ1n) is 5.58. The Bertz CT molecular complexity index is 718.